The van der Waals surface area contributed by atoms with E-state index in [1.54, 1.807) is 0 Å². The largest absolute Gasteiger partial charge is 0.396 e. The molecule has 0 spiro atoms. The lowest BCUT2D eigenvalue weighted by atomic mass is 10.1. The van der Waals surface area contributed by atoms with Crippen molar-refractivity contribution >= 4 is 10.9 Å². The summed E-state index contributed by atoms with van der Waals surface area (Å²) in [6.07, 6.45) is 3.56. The standard InChI is InChI=1S/C12H13NO/c14-9-3-4-10-7-8-13-12-6-2-1-5-11(10)12/h1-2,5-8,14H,3-4,9H2. The van der Waals surface area contributed by atoms with Gasteiger partial charge in [-0.05, 0) is 30.5 Å². The molecule has 0 bridgehead atoms. The van der Waals surface area contributed by atoms with E-state index in [-0.39, 0.29) is 6.61 Å². The van der Waals surface area contributed by atoms with Crippen LogP contribution in [0.25, 0.3) is 10.9 Å². The van der Waals surface area contributed by atoms with Crippen molar-refractivity contribution in [1.29, 1.82) is 0 Å². The fourth-order valence-corrected chi connectivity index (χ4v) is 1.64. The number of aryl methyl sites for hydroxylation is 1. The number of benzene rings is 1. The minimum atomic E-state index is 0.247. The quantitative estimate of drug-likeness (QED) is 0.798. The molecule has 0 saturated carbocycles. The topological polar surface area (TPSA) is 33.1 Å². The third kappa shape index (κ3) is 1.75. The highest BCUT2D eigenvalue weighted by molar-refractivity contribution is 5.81. The van der Waals surface area contributed by atoms with Gasteiger partial charge in [-0.25, -0.2) is 0 Å². The van der Waals surface area contributed by atoms with Gasteiger partial charge in [0.1, 0.15) is 0 Å². The van der Waals surface area contributed by atoms with Crippen LogP contribution in [-0.2, 0) is 6.42 Å². The van der Waals surface area contributed by atoms with Crippen LogP contribution in [0.3, 0.4) is 0 Å². The minimum Gasteiger partial charge on any atom is -0.396 e. The zero-order chi connectivity index (χ0) is 9.80. The average molecular weight is 187 g/mol. The third-order valence-electron chi connectivity index (χ3n) is 2.34. The van der Waals surface area contributed by atoms with Crippen molar-refractivity contribution in [2.24, 2.45) is 0 Å². The van der Waals surface area contributed by atoms with E-state index in [4.69, 9.17) is 5.11 Å². The Bertz CT molecular complexity index is 420. The van der Waals surface area contributed by atoms with Crippen molar-refractivity contribution in [3.63, 3.8) is 0 Å². The molecule has 0 fully saturated rings. The Kier molecular flexibility index (Phi) is 2.75. The summed E-state index contributed by atoms with van der Waals surface area (Å²) in [4.78, 5) is 4.29. The van der Waals surface area contributed by atoms with Crippen LogP contribution >= 0.6 is 0 Å². The van der Waals surface area contributed by atoms with Crippen molar-refractivity contribution in [2.45, 2.75) is 12.8 Å². The van der Waals surface area contributed by atoms with Crippen molar-refractivity contribution < 1.29 is 5.11 Å². The Labute approximate surface area is 83.2 Å². The number of rotatable bonds is 3. The summed E-state index contributed by atoms with van der Waals surface area (Å²) in [5.41, 5.74) is 2.30. The molecule has 2 heteroatoms. The first-order chi connectivity index (χ1) is 6.92. The molecule has 1 aromatic heterocycles. The molecule has 0 unspecified atom stereocenters. The molecule has 1 N–H and O–H groups in total. The molecule has 0 aliphatic carbocycles. The molecular weight excluding hydrogens is 174 g/mol. The lowest BCUT2D eigenvalue weighted by molar-refractivity contribution is 0.289. The van der Waals surface area contributed by atoms with Crippen LogP contribution in [0.4, 0.5) is 0 Å². The van der Waals surface area contributed by atoms with Gasteiger partial charge in [0.25, 0.3) is 0 Å². The molecule has 72 valence electrons. The van der Waals surface area contributed by atoms with Gasteiger partial charge < -0.3 is 5.11 Å². The number of nitrogens with zero attached hydrogens (tertiary/aromatic N) is 1. The zero-order valence-electron chi connectivity index (χ0n) is 7.98. The highest BCUT2D eigenvalue weighted by atomic mass is 16.2. The summed E-state index contributed by atoms with van der Waals surface area (Å²) in [6, 6.07) is 10.1. The Morgan fingerprint density at radius 2 is 2.00 bits per heavy atom. The predicted octanol–water partition coefficient (Wildman–Crippen LogP) is 2.16. The van der Waals surface area contributed by atoms with Crippen LogP contribution in [0.2, 0.25) is 0 Å². The normalized spacial score (nSPS) is 10.6. The van der Waals surface area contributed by atoms with Gasteiger partial charge in [0.05, 0.1) is 5.52 Å². The van der Waals surface area contributed by atoms with E-state index in [0.717, 1.165) is 18.4 Å². The summed E-state index contributed by atoms with van der Waals surface area (Å²) >= 11 is 0. The summed E-state index contributed by atoms with van der Waals surface area (Å²) in [5, 5.41) is 9.98. The number of fused-ring (bicyclic) bond motifs is 1. The molecule has 2 nitrogen and oxygen atoms in total. The zero-order valence-corrected chi connectivity index (χ0v) is 7.98. The first kappa shape index (κ1) is 9.16. The van der Waals surface area contributed by atoms with E-state index < -0.39 is 0 Å². The van der Waals surface area contributed by atoms with Crippen LogP contribution < -0.4 is 0 Å². The lowest BCUT2D eigenvalue weighted by Crippen LogP contribution is -1.91. The summed E-state index contributed by atoms with van der Waals surface area (Å²) < 4.78 is 0. The Morgan fingerprint density at radius 1 is 1.14 bits per heavy atom. The van der Waals surface area contributed by atoms with Gasteiger partial charge in [-0.1, -0.05) is 18.2 Å². The third-order valence-corrected chi connectivity index (χ3v) is 2.34. The minimum absolute atomic E-state index is 0.247. The molecule has 0 atom stereocenters. The second kappa shape index (κ2) is 4.20. The second-order valence-corrected chi connectivity index (χ2v) is 3.31. The number of aliphatic hydroxyl groups is 1. The highest BCUT2D eigenvalue weighted by Gasteiger charge is 1.99. The van der Waals surface area contributed by atoms with Gasteiger partial charge >= 0.3 is 0 Å². The van der Waals surface area contributed by atoms with Crippen LogP contribution in [0.15, 0.2) is 36.5 Å². The van der Waals surface area contributed by atoms with E-state index in [0.29, 0.717) is 0 Å². The fraction of sp³-hybridized carbons (Fsp3) is 0.250. The number of para-hydroxylation sites is 1. The van der Waals surface area contributed by atoms with Gasteiger partial charge in [0.15, 0.2) is 0 Å². The van der Waals surface area contributed by atoms with Crippen LogP contribution in [-0.4, -0.2) is 16.7 Å². The van der Waals surface area contributed by atoms with Crippen molar-refractivity contribution in [3.8, 4) is 0 Å². The Balaban J connectivity index is 2.43. The van der Waals surface area contributed by atoms with Crippen LogP contribution in [0, 0.1) is 0 Å². The van der Waals surface area contributed by atoms with Crippen molar-refractivity contribution in [2.75, 3.05) is 6.61 Å². The number of aliphatic hydroxyl groups excluding tert-OH is 1. The van der Waals surface area contributed by atoms with Crippen LogP contribution in [0.1, 0.15) is 12.0 Å². The highest BCUT2D eigenvalue weighted by Crippen LogP contribution is 2.17. The van der Waals surface area contributed by atoms with E-state index >= 15 is 0 Å². The number of hydrogen-bond donors (Lipinski definition) is 1. The van der Waals surface area contributed by atoms with E-state index in [1.165, 1.54) is 10.9 Å². The SMILES string of the molecule is OCCCc1ccnc2ccccc12. The first-order valence-corrected chi connectivity index (χ1v) is 4.85. The molecule has 0 saturated heterocycles. The number of hydrogen-bond acceptors (Lipinski definition) is 2. The maximum absolute atomic E-state index is 8.78. The van der Waals surface area contributed by atoms with Gasteiger partial charge in [0.2, 0.25) is 0 Å². The number of aromatic nitrogens is 1. The monoisotopic (exact) mass is 187 g/mol. The van der Waals surface area contributed by atoms with Crippen LogP contribution in [0.5, 0.6) is 0 Å². The summed E-state index contributed by atoms with van der Waals surface area (Å²) in [6.45, 7) is 0.247. The Hall–Kier alpha value is -1.41. The van der Waals surface area contributed by atoms with Gasteiger partial charge in [0, 0.05) is 18.2 Å². The van der Waals surface area contributed by atoms with E-state index in [1.807, 2.05) is 30.5 Å². The lowest BCUT2D eigenvalue weighted by Gasteiger charge is -2.03. The van der Waals surface area contributed by atoms with Crippen molar-refractivity contribution in [3.05, 3.63) is 42.1 Å². The maximum atomic E-state index is 8.78. The smallest absolute Gasteiger partial charge is 0.0704 e. The molecule has 1 aromatic carbocycles. The fourth-order valence-electron chi connectivity index (χ4n) is 1.64. The maximum Gasteiger partial charge on any atom is 0.0704 e. The van der Waals surface area contributed by atoms with E-state index in [2.05, 4.69) is 11.1 Å². The molecule has 2 aromatic rings. The Morgan fingerprint density at radius 3 is 2.86 bits per heavy atom. The van der Waals surface area contributed by atoms with Crippen molar-refractivity contribution in [1.82, 2.24) is 4.98 Å². The average Bonchev–Trinajstić information content (AvgIpc) is 2.26. The molecular formula is C12H13NO. The van der Waals surface area contributed by atoms with Gasteiger partial charge in [-0.3, -0.25) is 4.98 Å². The molecule has 0 amide bonds. The predicted molar refractivity (Wildman–Crippen MR) is 57.1 cm³/mol. The van der Waals surface area contributed by atoms with E-state index in [9.17, 15) is 0 Å². The second-order valence-electron chi connectivity index (χ2n) is 3.31. The van der Waals surface area contributed by atoms with Gasteiger partial charge in [-0.2, -0.15) is 0 Å². The molecule has 1 heterocycles. The van der Waals surface area contributed by atoms with Gasteiger partial charge in [-0.15, -0.1) is 0 Å². The first-order valence-electron chi connectivity index (χ1n) is 4.85. The summed E-state index contributed by atoms with van der Waals surface area (Å²) in [7, 11) is 0. The molecule has 0 aliphatic rings. The summed E-state index contributed by atoms with van der Waals surface area (Å²) in [5.74, 6) is 0. The molecule has 0 aliphatic heterocycles. The number of pyridine rings is 1. The molecule has 14 heavy (non-hydrogen) atoms. The molecule has 0 radical (unpaired) electrons. The molecule has 2 rings (SSSR count).